The quantitative estimate of drug-likeness (QED) is 0.467. The molecule has 0 heterocycles. The maximum atomic E-state index is 10.5. The minimum Gasteiger partial charge on any atom is -0.344 e. The van der Waals surface area contributed by atoms with Crippen LogP contribution in [0.25, 0.3) is 0 Å². The smallest absolute Gasteiger partial charge is 0.155 e. The van der Waals surface area contributed by atoms with Crippen LogP contribution in [0.5, 0.6) is 0 Å². The average Bonchev–Trinajstić information content (AvgIpc) is 1.64. The van der Waals surface area contributed by atoms with Crippen LogP contribution >= 0.6 is 0 Å². The minimum atomic E-state index is 0. The lowest BCUT2D eigenvalue weighted by molar-refractivity contribution is -0.113. The highest BCUT2D eigenvalue weighted by Gasteiger charge is 1.95. The molecule has 65 valence electrons. The zero-order valence-corrected chi connectivity index (χ0v) is 7.19. The van der Waals surface area contributed by atoms with E-state index in [2.05, 4.69) is 0 Å². The third-order valence-corrected chi connectivity index (χ3v) is 1.28. The van der Waals surface area contributed by atoms with E-state index in [-0.39, 0.29) is 27.8 Å². The minimum absolute atomic E-state index is 0. The summed E-state index contributed by atoms with van der Waals surface area (Å²) in [5.41, 5.74) is 1.99. The van der Waals surface area contributed by atoms with Gasteiger partial charge in [-0.15, -0.1) is 0 Å². The van der Waals surface area contributed by atoms with Gasteiger partial charge < -0.3 is 6.15 Å². The van der Waals surface area contributed by atoms with Crippen LogP contribution in [-0.4, -0.2) is 14.2 Å². The Morgan fingerprint density at radius 2 is 1.27 bits per heavy atom. The van der Waals surface area contributed by atoms with Crippen LogP contribution in [-0.2, 0) is 4.79 Å². The summed E-state index contributed by atoms with van der Waals surface area (Å²) in [6.45, 7) is 7.31. The number of carbonyl (C=O) groups excluding carboxylic acids is 1. The van der Waals surface area contributed by atoms with Crippen molar-refractivity contribution in [2.45, 2.75) is 35.1 Å². The molecule has 0 spiro atoms. The molecule has 0 aliphatic heterocycles. The lowest BCUT2D eigenvalue weighted by atomic mass is 10.1. The van der Waals surface area contributed by atoms with Gasteiger partial charge in [0.15, 0.2) is 5.78 Å². The van der Waals surface area contributed by atoms with E-state index in [1.165, 1.54) is 0 Å². The first-order chi connectivity index (χ1) is 3.55. The van der Waals surface area contributed by atoms with E-state index in [4.69, 9.17) is 0 Å². The number of hydrogen-bond acceptors (Lipinski definition) is 2. The van der Waals surface area contributed by atoms with Crippen LogP contribution in [0.4, 0.5) is 0 Å². The lowest BCUT2D eigenvalue weighted by Crippen LogP contribution is -1.92. The molecule has 0 aliphatic carbocycles. The van der Waals surface area contributed by atoms with Crippen LogP contribution in [0.2, 0.25) is 0 Å². The van der Waals surface area contributed by atoms with Crippen LogP contribution in [0.1, 0.15) is 35.1 Å². The molecule has 0 amide bonds. The molecule has 0 fully saturated rings. The molecule has 0 aromatic heterocycles. The summed E-state index contributed by atoms with van der Waals surface area (Å²) in [5, 5.41) is 0. The van der Waals surface area contributed by atoms with Gasteiger partial charge in [-0.2, -0.15) is 0 Å². The van der Waals surface area contributed by atoms with Crippen LogP contribution in [0.15, 0.2) is 11.1 Å². The second-order valence-corrected chi connectivity index (χ2v) is 2.18. The van der Waals surface area contributed by atoms with E-state index in [9.17, 15) is 4.79 Å². The van der Waals surface area contributed by atoms with E-state index >= 15 is 0 Å². The van der Waals surface area contributed by atoms with Crippen molar-refractivity contribution in [3.8, 4) is 0 Å². The van der Waals surface area contributed by atoms with E-state index < -0.39 is 0 Å². The number of Topliss-reactive ketones (excluding diaryl/α,β-unsaturated/α-hetero) is 1. The van der Waals surface area contributed by atoms with Gasteiger partial charge in [-0.05, 0) is 33.3 Å². The molecule has 0 bridgehead atoms. The van der Waals surface area contributed by atoms with Gasteiger partial charge in [0.05, 0.1) is 0 Å². The number of ketones is 1. The molecule has 0 atom stereocenters. The van der Waals surface area contributed by atoms with Gasteiger partial charge in [0.25, 0.3) is 0 Å². The number of rotatable bonds is 1. The van der Waals surface area contributed by atoms with Crippen molar-refractivity contribution in [2.75, 3.05) is 0 Å². The fourth-order valence-electron chi connectivity index (χ4n) is 0.352. The fourth-order valence-corrected chi connectivity index (χ4v) is 0.352. The first-order valence-electron chi connectivity index (χ1n) is 2.70. The topological polar surface area (TPSA) is 52.1 Å². The Bertz CT molecular complexity index is 137. The van der Waals surface area contributed by atoms with Crippen molar-refractivity contribution >= 4 is 14.2 Å². The van der Waals surface area contributed by atoms with Crippen LogP contribution in [0.3, 0.4) is 0 Å². The third kappa shape index (κ3) is 9.43. The second-order valence-electron chi connectivity index (χ2n) is 2.18. The van der Waals surface area contributed by atoms with Gasteiger partial charge >= 0.3 is 0 Å². The Hall–Kier alpha value is -0.565. The van der Waals surface area contributed by atoms with Gasteiger partial charge in [0.2, 0.25) is 0 Å². The first kappa shape index (κ1) is 22.4. The Morgan fingerprint density at radius 1 is 1.00 bits per heavy atom. The largest absolute Gasteiger partial charge is 0.344 e. The van der Waals surface area contributed by atoms with Crippen molar-refractivity contribution in [2.24, 2.45) is 0 Å². The average molecular weight is 156 g/mol. The highest BCUT2D eigenvalue weighted by molar-refractivity contribution is 5.93. The predicted molar refractivity (Wildman–Crippen MR) is 52.2 cm³/mol. The number of carbonyl (C=O) groups is 1. The Kier molecular flexibility index (Phi) is 19.2. The third-order valence-electron chi connectivity index (χ3n) is 1.28. The van der Waals surface area contributed by atoms with Crippen molar-refractivity contribution in [1.82, 2.24) is 6.15 Å². The summed E-state index contributed by atoms with van der Waals surface area (Å²) in [4.78, 5) is 10.5. The highest BCUT2D eigenvalue weighted by Crippen LogP contribution is 2.01. The van der Waals surface area contributed by atoms with E-state index in [0.717, 1.165) is 11.1 Å². The van der Waals surface area contributed by atoms with Crippen LogP contribution < -0.4 is 6.15 Å². The standard InChI is InChI=1S/C7H12O.CH4.B.H3N/c1-5(2)6(3)7(4)8;;;/h1-4H3;1H4;;1H3. The number of allylic oxidation sites excluding steroid dienone is 2. The molecule has 3 N–H and O–H groups in total. The normalized spacial score (nSPS) is 6.18. The first-order valence-corrected chi connectivity index (χ1v) is 2.70. The summed E-state index contributed by atoms with van der Waals surface area (Å²) < 4.78 is 0. The summed E-state index contributed by atoms with van der Waals surface area (Å²) in [7, 11) is 0. The molecule has 0 rings (SSSR count). The molecule has 0 aliphatic rings. The molecule has 0 saturated carbocycles. The van der Waals surface area contributed by atoms with E-state index in [1.54, 1.807) is 6.92 Å². The Balaban J connectivity index is -0.0000000817. The van der Waals surface area contributed by atoms with Crippen molar-refractivity contribution in [1.29, 1.82) is 0 Å². The number of hydrogen-bond donors (Lipinski definition) is 1. The molecule has 11 heavy (non-hydrogen) atoms. The van der Waals surface area contributed by atoms with Gasteiger partial charge in [0.1, 0.15) is 0 Å². The second kappa shape index (κ2) is 9.43. The molecule has 2 nitrogen and oxygen atoms in total. The zero-order chi connectivity index (χ0) is 6.73. The predicted octanol–water partition coefficient (Wildman–Crippen LogP) is 2.35. The lowest BCUT2D eigenvalue weighted by Gasteiger charge is -1.94. The molecule has 0 saturated heterocycles. The summed E-state index contributed by atoms with van der Waals surface area (Å²) in [6.07, 6.45) is 0. The van der Waals surface area contributed by atoms with Gasteiger partial charge in [-0.1, -0.05) is 13.0 Å². The van der Waals surface area contributed by atoms with E-state index in [1.807, 2.05) is 20.8 Å². The van der Waals surface area contributed by atoms with Gasteiger partial charge in [0, 0.05) is 8.41 Å². The summed E-state index contributed by atoms with van der Waals surface area (Å²) in [6, 6.07) is 0. The Morgan fingerprint density at radius 3 is 1.27 bits per heavy atom. The van der Waals surface area contributed by atoms with Crippen LogP contribution in [0, 0.1) is 0 Å². The monoisotopic (exact) mass is 156 g/mol. The van der Waals surface area contributed by atoms with Crippen molar-refractivity contribution in [3.05, 3.63) is 11.1 Å². The zero-order valence-electron chi connectivity index (χ0n) is 7.19. The molecule has 3 radical (unpaired) electrons. The molecule has 0 unspecified atom stereocenters. The van der Waals surface area contributed by atoms with Gasteiger partial charge in [-0.25, -0.2) is 0 Å². The maximum absolute atomic E-state index is 10.5. The van der Waals surface area contributed by atoms with Crippen molar-refractivity contribution < 1.29 is 4.79 Å². The molecular formula is C8H19BNO. The van der Waals surface area contributed by atoms with E-state index in [0.29, 0.717) is 0 Å². The van der Waals surface area contributed by atoms with Crippen molar-refractivity contribution in [3.63, 3.8) is 0 Å². The fraction of sp³-hybridized carbons (Fsp3) is 0.625. The SMILES string of the molecule is C.CC(=O)C(C)=C(C)C.N.[B]. The molecular weight excluding hydrogens is 137 g/mol. The van der Waals surface area contributed by atoms with Gasteiger partial charge in [-0.3, -0.25) is 4.79 Å². The maximum Gasteiger partial charge on any atom is 0.155 e. The molecule has 0 aromatic carbocycles. The highest BCUT2D eigenvalue weighted by atomic mass is 16.1. The summed E-state index contributed by atoms with van der Waals surface area (Å²) >= 11 is 0. The molecule has 0 aromatic rings. The Labute approximate surface area is 72.2 Å². The summed E-state index contributed by atoms with van der Waals surface area (Å²) in [5.74, 6) is 0.171. The molecule has 3 heteroatoms.